The van der Waals surface area contributed by atoms with Gasteiger partial charge in [0.05, 0.1) is 24.7 Å². The first kappa shape index (κ1) is 25.5. The van der Waals surface area contributed by atoms with E-state index in [0.29, 0.717) is 38.0 Å². The fraction of sp³-hybridized carbons (Fsp3) is 0.320. The average molecular weight is 533 g/mol. The normalized spacial score (nSPS) is 18.9. The van der Waals surface area contributed by atoms with Gasteiger partial charge in [0.1, 0.15) is 4.32 Å². The van der Waals surface area contributed by atoms with Crippen LogP contribution in [-0.4, -0.2) is 54.0 Å². The number of nitrogens with zero attached hydrogens (tertiary/aromatic N) is 1. The molecule has 1 N–H and O–H groups in total. The summed E-state index contributed by atoms with van der Waals surface area (Å²) in [7, 11) is 1.52. The Bertz CT molecular complexity index is 1180. The van der Waals surface area contributed by atoms with Crippen molar-refractivity contribution in [2.24, 2.45) is 0 Å². The van der Waals surface area contributed by atoms with Gasteiger partial charge in [-0.2, -0.15) is 0 Å². The Kier molecular flexibility index (Phi) is 8.33. The maximum atomic E-state index is 12.9. The minimum absolute atomic E-state index is 0.0357. The summed E-state index contributed by atoms with van der Waals surface area (Å²) in [5.74, 6) is 0.404. The monoisotopic (exact) mass is 532 g/mol. The van der Waals surface area contributed by atoms with E-state index in [1.807, 2.05) is 13.0 Å². The number of hydrogen-bond acceptors (Lipinski definition) is 7. The summed E-state index contributed by atoms with van der Waals surface area (Å²) in [6.45, 7) is 2.89. The average Bonchev–Trinajstić information content (AvgIpc) is 3.44. The maximum absolute atomic E-state index is 12.9. The van der Waals surface area contributed by atoms with Crippen molar-refractivity contribution in [1.82, 2.24) is 4.90 Å². The topological polar surface area (TPSA) is 77.1 Å². The van der Waals surface area contributed by atoms with Crippen molar-refractivity contribution < 1.29 is 23.8 Å². The summed E-state index contributed by atoms with van der Waals surface area (Å²) in [4.78, 5) is 27.3. The number of rotatable bonds is 8. The van der Waals surface area contributed by atoms with E-state index in [4.69, 9.17) is 38.0 Å². The standard InChI is InChI=1S/C25H25ClN2O5S2/c1-15-5-7-17(12-19(15)26)27-23(29)14-33-20-8-6-16(10-21(20)31-2)11-22-24(30)28(25(34)35-22)13-18-4-3-9-32-18/h5-8,10-12,18H,3-4,9,13-14H2,1-2H3,(H,27,29)/b22-11-/t18-/m0/s1. The lowest BCUT2D eigenvalue weighted by Gasteiger charge is -2.18. The first-order chi connectivity index (χ1) is 16.8. The van der Waals surface area contributed by atoms with Gasteiger partial charge in [0, 0.05) is 17.3 Å². The SMILES string of the molecule is COc1cc(/C=C2\SC(=S)N(C[C@@H]3CCCO3)C2=O)ccc1OCC(=O)Nc1ccc(C)c(Cl)c1. The van der Waals surface area contributed by atoms with Gasteiger partial charge in [0.15, 0.2) is 18.1 Å². The second kappa shape index (κ2) is 11.4. The van der Waals surface area contributed by atoms with Gasteiger partial charge in [-0.1, -0.05) is 47.7 Å². The number of nitrogens with one attached hydrogen (secondary N) is 1. The second-order valence-corrected chi connectivity index (χ2v) is 10.2. The van der Waals surface area contributed by atoms with E-state index in [1.165, 1.54) is 18.9 Å². The molecular weight excluding hydrogens is 508 g/mol. The van der Waals surface area contributed by atoms with Crippen LogP contribution in [-0.2, 0) is 14.3 Å². The Morgan fingerprint density at radius 3 is 2.86 bits per heavy atom. The van der Waals surface area contributed by atoms with Crippen LogP contribution in [0.1, 0.15) is 24.0 Å². The Labute approximate surface area is 218 Å². The van der Waals surface area contributed by atoms with Gasteiger partial charge in [-0.3, -0.25) is 14.5 Å². The van der Waals surface area contributed by atoms with Crippen molar-refractivity contribution in [3.05, 3.63) is 57.5 Å². The lowest BCUT2D eigenvalue weighted by molar-refractivity contribution is -0.123. The molecule has 7 nitrogen and oxygen atoms in total. The summed E-state index contributed by atoms with van der Waals surface area (Å²) < 4.78 is 17.3. The summed E-state index contributed by atoms with van der Waals surface area (Å²) in [5, 5.41) is 3.33. The van der Waals surface area contributed by atoms with Crippen molar-refractivity contribution in [3.8, 4) is 11.5 Å². The summed E-state index contributed by atoms with van der Waals surface area (Å²) in [6.07, 6.45) is 3.75. The van der Waals surface area contributed by atoms with Gasteiger partial charge in [-0.15, -0.1) is 0 Å². The maximum Gasteiger partial charge on any atom is 0.266 e. The van der Waals surface area contributed by atoms with E-state index < -0.39 is 0 Å². The minimum Gasteiger partial charge on any atom is -0.493 e. The third kappa shape index (κ3) is 6.35. The molecule has 2 saturated heterocycles. The molecule has 1 atom stereocenters. The zero-order valence-corrected chi connectivity index (χ0v) is 21.7. The molecule has 0 saturated carbocycles. The number of thiocarbonyl (C=S) groups is 1. The fourth-order valence-electron chi connectivity index (χ4n) is 3.70. The van der Waals surface area contributed by atoms with E-state index in [2.05, 4.69) is 5.32 Å². The van der Waals surface area contributed by atoms with Crippen LogP contribution in [0, 0.1) is 6.92 Å². The fourth-order valence-corrected chi connectivity index (χ4v) is 5.16. The van der Waals surface area contributed by atoms with E-state index >= 15 is 0 Å². The summed E-state index contributed by atoms with van der Waals surface area (Å²) in [5.41, 5.74) is 2.27. The molecule has 35 heavy (non-hydrogen) atoms. The molecule has 10 heteroatoms. The number of hydrogen-bond donors (Lipinski definition) is 1. The molecule has 0 aliphatic carbocycles. The Morgan fingerprint density at radius 2 is 2.14 bits per heavy atom. The first-order valence-electron chi connectivity index (χ1n) is 11.1. The predicted octanol–water partition coefficient (Wildman–Crippen LogP) is 5.05. The van der Waals surface area contributed by atoms with Crippen LogP contribution in [0.25, 0.3) is 6.08 Å². The van der Waals surface area contributed by atoms with Crippen molar-refractivity contribution in [2.45, 2.75) is 25.9 Å². The molecule has 0 bridgehead atoms. The highest BCUT2D eigenvalue weighted by molar-refractivity contribution is 8.26. The highest BCUT2D eigenvalue weighted by atomic mass is 35.5. The van der Waals surface area contributed by atoms with Gasteiger partial charge in [0.25, 0.3) is 11.8 Å². The van der Waals surface area contributed by atoms with Crippen LogP contribution in [0.5, 0.6) is 11.5 Å². The summed E-state index contributed by atoms with van der Waals surface area (Å²) in [6, 6.07) is 10.5. The lowest BCUT2D eigenvalue weighted by atomic mass is 10.1. The molecule has 0 spiro atoms. The Balaban J connectivity index is 1.39. The minimum atomic E-state index is -0.328. The molecule has 4 rings (SSSR count). The molecule has 2 aliphatic heterocycles. The molecule has 2 amide bonds. The number of carbonyl (C=O) groups is 2. The third-order valence-corrected chi connectivity index (χ3v) is 7.37. The number of halogens is 1. The van der Waals surface area contributed by atoms with Gasteiger partial charge >= 0.3 is 0 Å². The number of aryl methyl sites for hydroxylation is 1. The number of amides is 2. The lowest BCUT2D eigenvalue weighted by Crippen LogP contribution is -2.35. The van der Waals surface area contributed by atoms with Crippen LogP contribution < -0.4 is 14.8 Å². The van der Waals surface area contributed by atoms with Crippen molar-refractivity contribution in [2.75, 3.05) is 32.2 Å². The predicted molar refractivity (Wildman–Crippen MR) is 142 cm³/mol. The van der Waals surface area contributed by atoms with Gasteiger partial charge in [0.2, 0.25) is 0 Å². The van der Waals surface area contributed by atoms with Crippen LogP contribution in [0.3, 0.4) is 0 Å². The molecule has 0 radical (unpaired) electrons. The molecular formula is C25H25ClN2O5S2. The quantitative estimate of drug-likeness (QED) is 0.376. The Hall–Kier alpha value is -2.59. The largest absolute Gasteiger partial charge is 0.493 e. The molecule has 2 aromatic rings. The number of ether oxygens (including phenoxy) is 3. The molecule has 2 fully saturated rings. The molecule has 2 aliphatic rings. The van der Waals surface area contributed by atoms with Crippen molar-refractivity contribution in [3.63, 3.8) is 0 Å². The molecule has 0 aromatic heterocycles. The molecule has 2 heterocycles. The van der Waals surface area contributed by atoms with Crippen molar-refractivity contribution in [1.29, 1.82) is 0 Å². The highest BCUT2D eigenvalue weighted by Gasteiger charge is 2.34. The van der Waals surface area contributed by atoms with E-state index in [9.17, 15) is 9.59 Å². The van der Waals surface area contributed by atoms with Crippen LogP contribution in [0.4, 0.5) is 5.69 Å². The van der Waals surface area contributed by atoms with E-state index in [0.717, 1.165) is 30.6 Å². The number of benzene rings is 2. The van der Waals surface area contributed by atoms with Gasteiger partial charge in [-0.05, 0) is 61.2 Å². The van der Waals surface area contributed by atoms with E-state index in [-0.39, 0.29) is 24.5 Å². The first-order valence-corrected chi connectivity index (χ1v) is 12.7. The van der Waals surface area contributed by atoms with Gasteiger partial charge in [-0.25, -0.2) is 0 Å². The number of methoxy groups -OCH3 is 1. The number of thioether (sulfide) groups is 1. The zero-order chi connectivity index (χ0) is 24.9. The second-order valence-electron chi connectivity index (χ2n) is 8.14. The van der Waals surface area contributed by atoms with Crippen LogP contribution >= 0.6 is 35.6 Å². The number of carbonyl (C=O) groups excluding carboxylic acids is 2. The van der Waals surface area contributed by atoms with E-state index in [1.54, 1.807) is 41.3 Å². The van der Waals surface area contributed by atoms with Gasteiger partial charge < -0.3 is 19.5 Å². The Morgan fingerprint density at radius 1 is 1.31 bits per heavy atom. The number of anilines is 1. The summed E-state index contributed by atoms with van der Waals surface area (Å²) >= 11 is 12.8. The van der Waals surface area contributed by atoms with Crippen molar-refractivity contribution >= 4 is 63.5 Å². The molecule has 0 unspecified atom stereocenters. The molecule has 2 aromatic carbocycles. The van der Waals surface area contributed by atoms with Crippen LogP contribution in [0.15, 0.2) is 41.3 Å². The zero-order valence-electron chi connectivity index (χ0n) is 19.3. The highest BCUT2D eigenvalue weighted by Crippen LogP contribution is 2.35. The molecule has 184 valence electrons. The van der Waals surface area contributed by atoms with Crippen LogP contribution in [0.2, 0.25) is 5.02 Å². The third-order valence-electron chi connectivity index (χ3n) is 5.58. The smallest absolute Gasteiger partial charge is 0.266 e.